The zero-order valence-corrected chi connectivity index (χ0v) is 30.3. The molecule has 0 radical (unpaired) electrons. The highest BCUT2D eigenvalue weighted by Crippen LogP contribution is 2.49. The van der Waals surface area contributed by atoms with Crippen LogP contribution in [0.2, 0.25) is 0 Å². The molecule has 0 bridgehead atoms. The van der Waals surface area contributed by atoms with Crippen molar-refractivity contribution in [1.82, 2.24) is 29.9 Å². The lowest BCUT2D eigenvalue weighted by molar-refractivity contribution is 0.504. The Morgan fingerprint density at radius 3 is 1.60 bits per heavy atom. The molecule has 4 heterocycles. The summed E-state index contributed by atoms with van der Waals surface area (Å²) in [5.41, 5.74) is 14.0. The number of aryl methyl sites for hydroxylation is 2. The highest BCUT2D eigenvalue weighted by Gasteiger charge is 2.36. The molecule has 7 rings (SSSR count). The molecular weight excluding hydrogens is 613 g/mol. The molecule has 0 N–H and O–H groups in total. The molecule has 2 aliphatic rings. The lowest BCUT2D eigenvalue weighted by Gasteiger charge is -2.34. The Morgan fingerprint density at radius 1 is 0.480 bits per heavy atom. The lowest BCUT2D eigenvalue weighted by atomic mass is 9.71. The summed E-state index contributed by atoms with van der Waals surface area (Å²) in [6.45, 7) is 17.7. The van der Waals surface area contributed by atoms with E-state index < -0.39 is 0 Å². The van der Waals surface area contributed by atoms with E-state index in [1.165, 1.54) is 16.7 Å². The van der Waals surface area contributed by atoms with Crippen molar-refractivity contribution in [3.05, 3.63) is 143 Å². The van der Waals surface area contributed by atoms with Crippen LogP contribution in [0.25, 0.3) is 44.9 Å². The SMILES string of the molecule is CC1=C(c2ccccn2)CC(C)(C)C(c2nc(C3=C(C)C=C(c4ccccn4)C(C)(C)C3)nc(-c3cc(C)c(-c4ccccn4)cc3C)n2)=C1. The van der Waals surface area contributed by atoms with Crippen molar-refractivity contribution in [3.8, 4) is 22.6 Å². The van der Waals surface area contributed by atoms with Gasteiger partial charge in [-0.1, -0.05) is 58.0 Å². The molecule has 0 fully saturated rings. The normalized spacial score (nSPS) is 17.0. The van der Waals surface area contributed by atoms with E-state index in [1.54, 1.807) is 0 Å². The largest absolute Gasteiger partial charge is 0.257 e. The van der Waals surface area contributed by atoms with Gasteiger partial charge < -0.3 is 0 Å². The smallest absolute Gasteiger partial charge is 0.164 e. The van der Waals surface area contributed by atoms with E-state index in [-0.39, 0.29) is 10.8 Å². The average molecular weight is 657 g/mol. The number of hydrogen-bond acceptors (Lipinski definition) is 6. The summed E-state index contributed by atoms with van der Waals surface area (Å²) in [6, 6.07) is 22.7. The molecule has 0 unspecified atom stereocenters. The number of allylic oxidation sites excluding steroid dienone is 8. The summed E-state index contributed by atoms with van der Waals surface area (Å²) in [6.07, 6.45) is 11.7. The zero-order chi connectivity index (χ0) is 35.2. The molecule has 6 heteroatoms. The van der Waals surface area contributed by atoms with Gasteiger partial charge in [0, 0.05) is 40.9 Å². The van der Waals surface area contributed by atoms with Crippen LogP contribution in [-0.4, -0.2) is 29.9 Å². The summed E-state index contributed by atoms with van der Waals surface area (Å²) in [4.78, 5) is 29.9. The molecule has 0 saturated carbocycles. The first kappa shape index (κ1) is 33.2. The highest BCUT2D eigenvalue weighted by atomic mass is 15.0. The molecule has 6 nitrogen and oxygen atoms in total. The number of pyridine rings is 3. The van der Waals surface area contributed by atoms with Crippen molar-refractivity contribution < 1.29 is 0 Å². The molecule has 2 aliphatic carbocycles. The second-order valence-electron chi connectivity index (χ2n) is 15.0. The highest BCUT2D eigenvalue weighted by molar-refractivity contribution is 5.84. The quantitative estimate of drug-likeness (QED) is 0.181. The van der Waals surface area contributed by atoms with E-state index >= 15 is 0 Å². The van der Waals surface area contributed by atoms with E-state index in [9.17, 15) is 0 Å². The monoisotopic (exact) mass is 656 g/mol. The predicted octanol–water partition coefficient (Wildman–Crippen LogP) is 10.6. The van der Waals surface area contributed by atoms with E-state index in [0.717, 1.165) is 80.5 Å². The van der Waals surface area contributed by atoms with Crippen molar-refractivity contribution in [2.24, 2.45) is 10.8 Å². The van der Waals surface area contributed by atoms with Gasteiger partial charge in [0.15, 0.2) is 17.5 Å². The van der Waals surface area contributed by atoms with Crippen LogP contribution < -0.4 is 0 Å². The molecule has 0 saturated heterocycles. The number of rotatable bonds is 6. The van der Waals surface area contributed by atoms with E-state index in [4.69, 9.17) is 24.9 Å². The van der Waals surface area contributed by atoms with Crippen LogP contribution in [0.3, 0.4) is 0 Å². The molecule has 0 spiro atoms. The van der Waals surface area contributed by atoms with Crippen LogP contribution in [0.15, 0.2) is 109 Å². The summed E-state index contributed by atoms with van der Waals surface area (Å²) in [7, 11) is 0. The topological polar surface area (TPSA) is 77.3 Å². The molecule has 0 amide bonds. The van der Waals surface area contributed by atoms with Crippen molar-refractivity contribution in [2.45, 2.75) is 68.2 Å². The van der Waals surface area contributed by atoms with Gasteiger partial charge in [0.2, 0.25) is 0 Å². The zero-order valence-electron chi connectivity index (χ0n) is 30.3. The summed E-state index contributed by atoms with van der Waals surface area (Å²) in [5.74, 6) is 2.13. The van der Waals surface area contributed by atoms with Crippen LogP contribution in [-0.2, 0) is 0 Å². The predicted molar refractivity (Wildman–Crippen MR) is 204 cm³/mol. The Balaban J connectivity index is 1.43. The molecule has 50 heavy (non-hydrogen) atoms. The van der Waals surface area contributed by atoms with Crippen molar-refractivity contribution in [1.29, 1.82) is 0 Å². The number of benzene rings is 1. The third kappa shape index (κ3) is 6.26. The maximum atomic E-state index is 5.32. The first-order valence-electron chi connectivity index (χ1n) is 17.4. The molecule has 1 aromatic carbocycles. The minimum atomic E-state index is -0.239. The number of hydrogen-bond donors (Lipinski definition) is 0. The molecule has 0 aliphatic heterocycles. The Bertz CT molecular complexity index is 2220. The second kappa shape index (κ2) is 12.8. The van der Waals surface area contributed by atoms with Gasteiger partial charge in [-0.15, -0.1) is 0 Å². The standard InChI is InChI=1S/C44H44N6/c1-27-22-32(28(2)21-31(27)37-15-9-12-18-45-37)40-48-41(34-26-43(5,6)35(23-30(34)4)39-17-11-14-20-47-39)50-42(49-40)36-24-29(3)33(25-44(36,7)8)38-16-10-13-19-46-38/h9-24H,25-26H2,1-8H3. The van der Waals surface area contributed by atoms with Crippen LogP contribution in [0.4, 0.5) is 0 Å². The van der Waals surface area contributed by atoms with Crippen LogP contribution in [0.5, 0.6) is 0 Å². The van der Waals surface area contributed by atoms with Gasteiger partial charge in [-0.2, -0.15) is 0 Å². The fourth-order valence-corrected chi connectivity index (χ4v) is 7.36. The minimum absolute atomic E-state index is 0.173. The van der Waals surface area contributed by atoms with Gasteiger partial charge in [0.05, 0.1) is 17.1 Å². The first-order chi connectivity index (χ1) is 23.9. The van der Waals surface area contributed by atoms with Crippen LogP contribution in [0.1, 0.15) is 88.5 Å². The third-order valence-corrected chi connectivity index (χ3v) is 10.2. The molecule has 250 valence electrons. The second-order valence-corrected chi connectivity index (χ2v) is 15.0. The molecular formula is C44H44N6. The fraction of sp³-hybridized carbons (Fsp3) is 0.273. The Morgan fingerprint density at radius 2 is 0.960 bits per heavy atom. The van der Waals surface area contributed by atoms with Crippen LogP contribution >= 0.6 is 0 Å². The molecule has 0 atom stereocenters. The first-order valence-corrected chi connectivity index (χ1v) is 17.4. The van der Waals surface area contributed by atoms with Gasteiger partial charge in [0.1, 0.15) is 0 Å². The summed E-state index contributed by atoms with van der Waals surface area (Å²) >= 11 is 0. The Labute approximate surface area is 296 Å². The summed E-state index contributed by atoms with van der Waals surface area (Å²) in [5, 5.41) is 0. The van der Waals surface area contributed by atoms with Gasteiger partial charge in [-0.3, -0.25) is 15.0 Å². The molecule has 5 aromatic rings. The maximum Gasteiger partial charge on any atom is 0.164 e. The third-order valence-electron chi connectivity index (χ3n) is 10.2. The van der Waals surface area contributed by atoms with Crippen LogP contribution in [0, 0.1) is 24.7 Å². The van der Waals surface area contributed by atoms with Crippen molar-refractivity contribution in [2.75, 3.05) is 0 Å². The van der Waals surface area contributed by atoms with E-state index in [0.29, 0.717) is 5.82 Å². The Kier molecular flexibility index (Phi) is 8.51. The maximum absolute atomic E-state index is 5.32. The van der Waals surface area contributed by atoms with Crippen molar-refractivity contribution in [3.63, 3.8) is 0 Å². The summed E-state index contributed by atoms with van der Waals surface area (Å²) < 4.78 is 0. The average Bonchev–Trinajstić information content (AvgIpc) is 3.11. The minimum Gasteiger partial charge on any atom is -0.257 e. The fourth-order valence-electron chi connectivity index (χ4n) is 7.36. The van der Waals surface area contributed by atoms with Gasteiger partial charge in [-0.25, -0.2) is 15.0 Å². The van der Waals surface area contributed by atoms with Gasteiger partial charge >= 0.3 is 0 Å². The molecule has 4 aromatic heterocycles. The van der Waals surface area contributed by atoms with Gasteiger partial charge in [-0.05, 0) is 133 Å². The van der Waals surface area contributed by atoms with Gasteiger partial charge in [0.25, 0.3) is 0 Å². The Hall–Kier alpha value is -5.36. The van der Waals surface area contributed by atoms with Crippen molar-refractivity contribution >= 4 is 22.3 Å². The lowest BCUT2D eigenvalue weighted by Crippen LogP contribution is -2.23. The number of nitrogens with zero attached hydrogens (tertiary/aromatic N) is 6. The van der Waals surface area contributed by atoms with E-state index in [1.807, 2.05) is 42.9 Å². The van der Waals surface area contributed by atoms with E-state index in [2.05, 4.69) is 115 Å². The number of aromatic nitrogens is 6.